The third kappa shape index (κ3) is 3.36. The van der Waals surface area contributed by atoms with E-state index in [0.717, 1.165) is 18.7 Å². The van der Waals surface area contributed by atoms with Crippen molar-refractivity contribution in [3.63, 3.8) is 0 Å². The highest BCUT2D eigenvalue weighted by Crippen LogP contribution is 2.22. The van der Waals surface area contributed by atoms with Crippen molar-refractivity contribution >= 4 is 17.2 Å². The van der Waals surface area contributed by atoms with Crippen LogP contribution in [-0.4, -0.2) is 23.4 Å². The van der Waals surface area contributed by atoms with Gasteiger partial charge in [0.15, 0.2) is 0 Å². The average molecular weight is 304 g/mol. The minimum atomic E-state index is 0.0694. The first-order valence-electron chi connectivity index (χ1n) is 7.31. The fraction of sp³-hybridized carbons (Fsp3) is 0.438. The average Bonchev–Trinajstić information content (AvgIpc) is 3.19. The highest BCUT2D eigenvalue weighted by atomic mass is 32.1. The number of hydrogen-bond donors (Lipinski definition) is 1. The van der Waals surface area contributed by atoms with Crippen LogP contribution >= 0.6 is 11.3 Å². The molecule has 0 radical (unpaired) electrons. The second kappa shape index (κ2) is 6.45. The van der Waals surface area contributed by atoms with Crippen LogP contribution in [0.25, 0.3) is 0 Å². The summed E-state index contributed by atoms with van der Waals surface area (Å²) in [6.07, 6.45) is 2.57. The quantitative estimate of drug-likeness (QED) is 0.924. The van der Waals surface area contributed by atoms with E-state index in [0.29, 0.717) is 13.1 Å². The van der Waals surface area contributed by atoms with Crippen molar-refractivity contribution in [1.82, 2.24) is 10.2 Å². The lowest BCUT2D eigenvalue weighted by Crippen LogP contribution is -2.39. The monoisotopic (exact) mass is 304 g/mol. The zero-order chi connectivity index (χ0) is 14.7. The number of thiophene rings is 1. The van der Waals surface area contributed by atoms with Gasteiger partial charge in [0.1, 0.15) is 5.76 Å². The number of amides is 1. The molecule has 1 amide bonds. The molecule has 3 rings (SSSR count). The summed E-state index contributed by atoms with van der Waals surface area (Å²) in [5, 5.41) is 5.40. The van der Waals surface area contributed by atoms with Crippen molar-refractivity contribution in [3.8, 4) is 0 Å². The van der Waals surface area contributed by atoms with Gasteiger partial charge >= 0.3 is 0 Å². The zero-order valence-electron chi connectivity index (χ0n) is 12.1. The van der Waals surface area contributed by atoms with Crippen LogP contribution in [0.15, 0.2) is 40.3 Å². The van der Waals surface area contributed by atoms with E-state index in [1.165, 1.54) is 4.88 Å². The Morgan fingerprint density at radius 2 is 2.33 bits per heavy atom. The second-order valence-electron chi connectivity index (χ2n) is 5.49. The van der Waals surface area contributed by atoms with Gasteiger partial charge in [0.05, 0.1) is 25.3 Å². The van der Waals surface area contributed by atoms with Gasteiger partial charge in [0.25, 0.3) is 0 Å². The number of rotatable bonds is 5. The largest absolute Gasteiger partial charge is 0.467 e. The van der Waals surface area contributed by atoms with E-state index in [2.05, 4.69) is 18.3 Å². The molecule has 4 nitrogen and oxygen atoms in total. The Bertz CT molecular complexity index is 529. The van der Waals surface area contributed by atoms with Crippen LogP contribution in [0.5, 0.6) is 0 Å². The molecule has 21 heavy (non-hydrogen) atoms. The summed E-state index contributed by atoms with van der Waals surface area (Å²) in [6, 6.07) is 8.13. The number of furan rings is 1. The SMILES string of the molecule is CC1NCCC1C(=O)N(Cc1ccco1)Cc1cccs1. The van der Waals surface area contributed by atoms with Gasteiger partial charge in [-0.05, 0) is 43.5 Å². The van der Waals surface area contributed by atoms with E-state index in [4.69, 9.17) is 4.42 Å². The van der Waals surface area contributed by atoms with Crippen molar-refractivity contribution in [2.45, 2.75) is 32.5 Å². The molecule has 1 aliphatic heterocycles. The van der Waals surface area contributed by atoms with E-state index >= 15 is 0 Å². The maximum atomic E-state index is 12.9. The number of nitrogens with zero attached hydrogens (tertiary/aromatic N) is 1. The smallest absolute Gasteiger partial charge is 0.228 e. The van der Waals surface area contributed by atoms with Crippen LogP contribution in [-0.2, 0) is 17.9 Å². The maximum absolute atomic E-state index is 12.9. The van der Waals surface area contributed by atoms with Crippen LogP contribution in [0, 0.1) is 5.92 Å². The first-order chi connectivity index (χ1) is 10.2. The molecule has 112 valence electrons. The summed E-state index contributed by atoms with van der Waals surface area (Å²) in [5.41, 5.74) is 0. The van der Waals surface area contributed by atoms with E-state index in [1.807, 2.05) is 28.5 Å². The molecule has 2 atom stereocenters. The minimum Gasteiger partial charge on any atom is -0.467 e. The van der Waals surface area contributed by atoms with E-state index < -0.39 is 0 Å². The first kappa shape index (κ1) is 14.4. The summed E-state index contributed by atoms with van der Waals surface area (Å²) >= 11 is 1.68. The van der Waals surface area contributed by atoms with Gasteiger partial charge < -0.3 is 14.6 Å². The molecular formula is C16H20N2O2S. The third-order valence-corrected chi connectivity index (χ3v) is 4.87. The molecule has 5 heteroatoms. The van der Waals surface area contributed by atoms with E-state index in [-0.39, 0.29) is 17.9 Å². The minimum absolute atomic E-state index is 0.0694. The van der Waals surface area contributed by atoms with Crippen molar-refractivity contribution in [3.05, 3.63) is 46.5 Å². The van der Waals surface area contributed by atoms with E-state index in [9.17, 15) is 4.79 Å². The number of carbonyl (C=O) groups is 1. The molecule has 0 bridgehead atoms. The highest BCUT2D eigenvalue weighted by molar-refractivity contribution is 7.09. The summed E-state index contributed by atoms with van der Waals surface area (Å²) in [5.74, 6) is 1.12. The Kier molecular flexibility index (Phi) is 4.41. The standard InChI is InChI=1S/C16H20N2O2S/c1-12-15(6-7-17-12)16(19)18(10-13-4-2-8-20-13)11-14-5-3-9-21-14/h2-5,8-9,12,15,17H,6-7,10-11H2,1H3. The molecule has 0 spiro atoms. The Labute approximate surface area is 128 Å². The lowest BCUT2D eigenvalue weighted by molar-refractivity contribution is -0.137. The molecule has 0 saturated carbocycles. The van der Waals surface area contributed by atoms with Gasteiger partial charge in [-0.15, -0.1) is 11.3 Å². The molecule has 2 unspecified atom stereocenters. The molecule has 1 aliphatic rings. The fourth-order valence-electron chi connectivity index (χ4n) is 2.82. The normalized spacial score (nSPS) is 21.6. The first-order valence-corrected chi connectivity index (χ1v) is 8.19. The Morgan fingerprint density at radius 3 is 2.95 bits per heavy atom. The second-order valence-corrected chi connectivity index (χ2v) is 6.52. The van der Waals surface area contributed by atoms with Crippen molar-refractivity contribution in [2.24, 2.45) is 5.92 Å². The van der Waals surface area contributed by atoms with Gasteiger partial charge in [-0.3, -0.25) is 4.79 Å². The fourth-order valence-corrected chi connectivity index (χ4v) is 3.54. The lowest BCUT2D eigenvalue weighted by Gasteiger charge is -2.26. The lowest BCUT2D eigenvalue weighted by atomic mass is 10.00. The van der Waals surface area contributed by atoms with Crippen molar-refractivity contribution in [1.29, 1.82) is 0 Å². The maximum Gasteiger partial charge on any atom is 0.228 e. The number of nitrogens with one attached hydrogen (secondary N) is 1. The molecular weight excluding hydrogens is 284 g/mol. The van der Waals surface area contributed by atoms with Crippen LogP contribution in [0.3, 0.4) is 0 Å². The Hall–Kier alpha value is -1.59. The topological polar surface area (TPSA) is 45.5 Å². The molecule has 1 N–H and O–H groups in total. The van der Waals surface area contributed by atoms with Gasteiger partial charge in [0.2, 0.25) is 5.91 Å². The third-order valence-electron chi connectivity index (χ3n) is 4.01. The van der Waals surface area contributed by atoms with Crippen LogP contribution < -0.4 is 5.32 Å². The molecule has 2 aromatic heterocycles. The molecule has 1 saturated heterocycles. The van der Waals surface area contributed by atoms with Crippen LogP contribution in [0.1, 0.15) is 24.0 Å². The van der Waals surface area contributed by atoms with Gasteiger partial charge in [-0.1, -0.05) is 6.07 Å². The summed E-state index contributed by atoms with van der Waals surface area (Å²) in [7, 11) is 0. The van der Waals surface area contributed by atoms with E-state index in [1.54, 1.807) is 17.6 Å². The van der Waals surface area contributed by atoms with Crippen molar-refractivity contribution in [2.75, 3.05) is 6.54 Å². The van der Waals surface area contributed by atoms with Crippen LogP contribution in [0.4, 0.5) is 0 Å². The summed E-state index contributed by atoms with van der Waals surface area (Å²) < 4.78 is 5.42. The van der Waals surface area contributed by atoms with Crippen molar-refractivity contribution < 1.29 is 9.21 Å². The van der Waals surface area contributed by atoms with Gasteiger partial charge in [-0.25, -0.2) is 0 Å². The molecule has 0 aromatic carbocycles. The summed E-state index contributed by atoms with van der Waals surface area (Å²) in [6.45, 7) is 4.20. The summed E-state index contributed by atoms with van der Waals surface area (Å²) in [4.78, 5) is 16.0. The highest BCUT2D eigenvalue weighted by Gasteiger charge is 2.33. The number of carbonyl (C=O) groups excluding carboxylic acids is 1. The Morgan fingerprint density at radius 1 is 1.43 bits per heavy atom. The zero-order valence-corrected chi connectivity index (χ0v) is 12.9. The number of hydrogen-bond acceptors (Lipinski definition) is 4. The van der Waals surface area contributed by atoms with Gasteiger partial charge in [-0.2, -0.15) is 0 Å². The molecule has 2 aromatic rings. The molecule has 3 heterocycles. The predicted molar refractivity (Wildman–Crippen MR) is 82.9 cm³/mol. The van der Waals surface area contributed by atoms with Crippen LogP contribution in [0.2, 0.25) is 0 Å². The van der Waals surface area contributed by atoms with Gasteiger partial charge in [0, 0.05) is 10.9 Å². The Balaban J connectivity index is 1.75. The molecule has 1 fully saturated rings. The molecule has 0 aliphatic carbocycles. The predicted octanol–water partition coefficient (Wildman–Crippen LogP) is 2.87.